The van der Waals surface area contributed by atoms with Gasteiger partial charge in [-0.25, -0.2) is 0 Å². The van der Waals surface area contributed by atoms with Crippen LogP contribution in [0, 0.1) is 5.92 Å². The Hall–Kier alpha value is -1.85. The standard InChI is InChI=1S/C21H26ClN3O2/c22-20-19(23-12-15-4-3-11-27-14-15)13-24-25(21(20)26)18-9-7-17(8-10-18)16-5-1-2-6-16/h7-10,13,15-16,23H,1-6,11-12,14H2/t15-/m1/s1. The smallest absolute Gasteiger partial charge is 0.292 e. The maximum Gasteiger partial charge on any atom is 0.292 e. The van der Waals surface area contributed by atoms with E-state index in [9.17, 15) is 4.79 Å². The topological polar surface area (TPSA) is 56.1 Å². The Bertz CT molecular complexity index is 822. The van der Waals surface area contributed by atoms with E-state index in [1.54, 1.807) is 6.20 Å². The van der Waals surface area contributed by atoms with Crippen molar-refractivity contribution in [2.75, 3.05) is 25.1 Å². The summed E-state index contributed by atoms with van der Waals surface area (Å²) in [6.45, 7) is 2.33. The highest BCUT2D eigenvalue weighted by Gasteiger charge is 2.18. The normalized spacial score (nSPS) is 20.7. The van der Waals surface area contributed by atoms with Gasteiger partial charge in [0.1, 0.15) is 5.02 Å². The van der Waals surface area contributed by atoms with E-state index in [2.05, 4.69) is 22.5 Å². The molecule has 1 aliphatic carbocycles. The fraction of sp³-hybridized carbons (Fsp3) is 0.524. The van der Waals surface area contributed by atoms with Crippen molar-refractivity contribution in [3.05, 3.63) is 51.4 Å². The fourth-order valence-electron chi connectivity index (χ4n) is 4.11. The van der Waals surface area contributed by atoms with Crippen molar-refractivity contribution in [3.63, 3.8) is 0 Å². The highest BCUT2D eigenvalue weighted by atomic mass is 35.5. The summed E-state index contributed by atoms with van der Waals surface area (Å²) in [7, 11) is 0. The zero-order chi connectivity index (χ0) is 18.6. The van der Waals surface area contributed by atoms with Gasteiger partial charge in [0.2, 0.25) is 0 Å². The van der Waals surface area contributed by atoms with Gasteiger partial charge >= 0.3 is 0 Å². The third kappa shape index (κ3) is 4.19. The number of hydrogen-bond acceptors (Lipinski definition) is 4. The summed E-state index contributed by atoms with van der Waals surface area (Å²) in [5.74, 6) is 1.10. The van der Waals surface area contributed by atoms with Gasteiger partial charge < -0.3 is 10.1 Å². The van der Waals surface area contributed by atoms with Gasteiger partial charge in [0.25, 0.3) is 5.56 Å². The zero-order valence-electron chi connectivity index (χ0n) is 15.5. The minimum atomic E-state index is -0.296. The monoisotopic (exact) mass is 387 g/mol. The van der Waals surface area contributed by atoms with Crippen LogP contribution >= 0.6 is 11.6 Å². The number of ether oxygens (including phenoxy) is 1. The quantitative estimate of drug-likeness (QED) is 0.827. The summed E-state index contributed by atoms with van der Waals surface area (Å²) in [6, 6.07) is 8.15. The lowest BCUT2D eigenvalue weighted by Gasteiger charge is -2.22. The Balaban J connectivity index is 1.48. The van der Waals surface area contributed by atoms with Crippen LogP contribution < -0.4 is 10.9 Å². The van der Waals surface area contributed by atoms with Crippen molar-refractivity contribution < 1.29 is 4.74 Å². The minimum Gasteiger partial charge on any atom is -0.382 e. The molecule has 2 aliphatic rings. The van der Waals surface area contributed by atoms with E-state index in [0.717, 1.165) is 38.3 Å². The number of halogens is 1. The van der Waals surface area contributed by atoms with E-state index < -0.39 is 0 Å². The van der Waals surface area contributed by atoms with Crippen LogP contribution in [0.15, 0.2) is 35.3 Å². The van der Waals surface area contributed by atoms with Crippen LogP contribution in [0.3, 0.4) is 0 Å². The van der Waals surface area contributed by atoms with E-state index in [-0.39, 0.29) is 10.6 Å². The molecule has 1 atom stereocenters. The lowest BCUT2D eigenvalue weighted by atomic mass is 9.98. The molecule has 0 amide bonds. The number of aromatic nitrogens is 2. The molecule has 1 aromatic carbocycles. The molecule has 6 heteroatoms. The number of nitrogens with zero attached hydrogens (tertiary/aromatic N) is 2. The molecule has 1 N–H and O–H groups in total. The fourth-order valence-corrected chi connectivity index (χ4v) is 4.31. The molecule has 1 aromatic heterocycles. The molecule has 2 heterocycles. The first-order chi connectivity index (χ1) is 13.2. The summed E-state index contributed by atoms with van der Waals surface area (Å²) in [6.07, 6.45) is 8.98. The summed E-state index contributed by atoms with van der Waals surface area (Å²) >= 11 is 6.33. The van der Waals surface area contributed by atoms with E-state index in [1.165, 1.54) is 35.9 Å². The van der Waals surface area contributed by atoms with Gasteiger partial charge in [-0.3, -0.25) is 4.79 Å². The number of hydrogen-bond donors (Lipinski definition) is 1. The third-order valence-electron chi connectivity index (χ3n) is 5.72. The lowest BCUT2D eigenvalue weighted by molar-refractivity contribution is 0.0595. The summed E-state index contributed by atoms with van der Waals surface area (Å²) in [5.41, 5.74) is 2.39. The maximum atomic E-state index is 12.7. The molecule has 27 heavy (non-hydrogen) atoms. The number of benzene rings is 1. The third-order valence-corrected chi connectivity index (χ3v) is 6.08. The van der Waals surface area contributed by atoms with Crippen LogP contribution in [-0.2, 0) is 4.74 Å². The van der Waals surface area contributed by atoms with Crippen LogP contribution in [-0.4, -0.2) is 29.5 Å². The van der Waals surface area contributed by atoms with Crippen LogP contribution in [0.25, 0.3) is 5.69 Å². The average molecular weight is 388 g/mol. The molecule has 2 fully saturated rings. The minimum absolute atomic E-state index is 0.182. The summed E-state index contributed by atoms with van der Waals surface area (Å²) in [5, 5.41) is 7.77. The number of rotatable bonds is 5. The molecule has 1 aliphatic heterocycles. The van der Waals surface area contributed by atoms with E-state index in [0.29, 0.717) is 17.5 Å². The summed E-state index contributed by atoms with van der Waals surface area (Å²) in [4.78, 5) is 12.7. The Morgan fingerprint density at radius 1 is 1.15 bits per heavy atom. The van der Waals surface area contributed by atoms with Gasteiger partial charge in [0.15, 0.2) is 0 Å². The van der Waals surface area contributed by atoms with Crippen molar-refractivity contribution in [1.29, 1.82) is 0 Å². The van der Waals surface area contributed by atoms with Gasteiger partial charge in [-0.1, -0.05) is 36.6 Å². The zero-order valence-corrected chi connectivity index (χ0v) is 16.3. The van der Waals surface area contributed by atoms with Crippen molar-refractivity contribution in [3.8, 4) is 5.69 Å². The molecule has 0 unspecified atom stereocenters. The van der Waals surface area contributed by atoms with Crippen LogP contribution in [0.4, 0.5) is 5.69 Å². The van der Waals surface area contributed by atoms with Crippen LogP contribution in [0.1, 0.15) is 50.0 Å². The predicted molar refractivity (Wildman–Crippen MR) is 108 cm³/mol. The van der Waals surface area contributed by atoms with Crippen LogP contribution in [0.5, 0.6) is 0 Å². The molecule has 1 saturated heterocycles. The van der Waals surface area contributed by atoms with Crippen molar-refractivity contribution in [2.45, 2.75) is 44.4 Å². The predicted octanol–water partition coefficient (Wildman–Crippen LogP) is 4.38. The van der Waals surface area contributed by atoms with E-state index in [1.807, 2.05) is 12.1 Å². The van der Waals surface area contributed by atoms with Gasteiger partial charge in [-0.05, 0) is 55.2 Å². The molecular formula is C21H26ClN3O2. The average Bonchev–Trinajstić information content (AvgIpc) is 3.25. The van der Waals surface area contributed by atoms with Gasteiger partial charge in [-0.2, -0.15) is 9.78 Å². The van der Waals surface area contributed by atoms with Crippen molar-refractivity contribution in [1.82, 2.24) is 9.78 Å². The summed E-state index contributed by atoms with van der Waals surface area (Å²) < 4.78 is 6.86. The second kappa shape index (κ2) is 8.44. The molecule has 0 radical (unpaired) electrons. The van der Waals surface area contributed by atoms with E-state index >= 15 is 0 Å². The second-order valence-electron chi connectivity index (χ2n) is 7.63. The maximum absolute atomic E-state index is 12.7. The molecule has 5 nitrogen and oxygen atoms in total. The Kier molecular flexibility index (Phi) is 5.79. The van der Waals surface area contributed by atoms with Gasteiger partial charge in [-0.15, -0.1) is 0 Å². The molecule has 1 saturated carbocycles. The number of nitrogens with one attached hydrogen (secondary N) is 1. The molecule has 2 aromatic rings. The highest BCUT2D eigenvalue weighted by Crippen LogP contribution is 2.34. The molecule has 0 bridgehead atoms. The first-order valence-corrected chi connectivity index (χ1v) is 10.3. The Labute approximate surface area is 164 Å². The lowest BCUT2D eigenvalue weighted by Crippen LogP contribution is -2.26. The first-order valence-electron chi connectivity index (χ1n) is 9.92. The van der Waals surface area contributed by atoms with Gasteiger partial charge in [0.05, 0.1) is 24.2 Å². The second-order valence-corrected chi connectivity index (χ2v) is 8.00. The highest BCUT2D eigenvalue weighted by molar-refractivity contribution is 6.32. The molecule has 144 valence electrons. The SMILES string of the molecule is O=c1c(Cl)c(NC[C@H]2CCCOC2)cnn1-c1ccc(C2CCCC2)cc1. The Morgan fingerprint density at radius 2 is 1.93 bits per heavy atom. The molecular weight excluding hydrogens is 362 g/mol. The van der Waals surface area contributed by atoms with Crippen molar-refractivity contribution in [2.24, 2.45) is 5.92 Å². The Morgan fingerprint density at radius 3 is 2.63 bits per heavy atom. The van der Waals surface area contributed by atoms with Crippen molar-refractivity contribution >= 4 is 17.3 Å². The molecule has 4 rings (SSSR count). The number of anilines is 1. The molecule has 0 spiro atoms. The first kappa shape index (κ1) is 18.5. The van der Waals surface area contributed by atoms with Gasteiger partial charge in [0, 0.05) is 13.2 Å². The largest absolute Gasteiger partial charge is 0.382 e. The van der Waals surface area contributed by atoms with Crippen LogP contribution in [0.2, 0.25) is 5.02 Å². The van der Waals surface area contributed by atoms with E-state index in [4.69, 9.17) is 16.3 Å².